The van der Waals surface area contributed by atoms with Crippen LogP contribution in [0, 0.1) is 5.41 Å². The van der Waals surface area contributed by atoms with E-state index in [9.17, 15) is 18.3 Å². The highest BCUT2D eigenvalue weighted by molar-refractivity contribution is 14.1. The first-order chi connectivity index (χ1) is 16.3. The summed E-state index contributed by atoms with van der Waals surface area (Å²) in [5.74, 6) is 0.0865. The molecule has 35 heavy (non-hydrogen) atoms. The van der Waals surface area contributed by atoms with Crippen LogP contribution in [0.5, 0.6) is 0 Å². The van der Waals surface area contributed by atoms with Crippen molar-refractivity contribution < 1.29 is 27.8 Å². The van der Waals surface area contributed by atoms with E-state index in [1.54, 1.807) is 0 Å². The predicted molar refractivity (Wildman–Crippen MR) is 134 cm³/mol. The number of nitrogens with zero attached hydrogens (tertiary/aromatic N) is 1. The molecule has 192 valence electrons. The summed E-state index contributed by atoms with van der Waals surface area (Å²) < 4.78 is 52.4. The van der Waals surface area contributed by atoms with Gasteiger partial charge in [-0.3, -0.25) is 4.98 Å². The highest BCUT2D eigenvalue weighted by atomic mass is 127. The number of aliphatic hydroxyl groups excluding tert-OH is 1. The Bertz CT molecular complexity index is 1100. The fourth-order valence-corrected chi connectivity index (χ4v) is 7.10. The van der Waals surface area contributed by atoms with E-state index in [0.717, 1.165) is 46.1 Å². The largest absolute Gasteiger partial charge is 0.430 e. The van der Waals surface area contributed by atoms with Crippen molar-refractivity contribution in [2.24, 2.45) is 5.41 Å². The molecule has 1 spiro atoms. The number of ether oxygens (including phenoxy) is 2. The lowest BCUT2D eigenvalue weighted by atomic mass is 9.69. The molecule has 5 nitrogen and oxygen atoms in total. The summed E-state index contributed by atoms with van der Waals surface area (Å²) in [6, 6.07) is 0. The van der Waals surface area contributed by atoms with Crippen molar-refractivity contribution in [3.05, 3.63) is 51.5 Å². The maximum Gasteiger partial charge on any atom is 0.430 e. The molecule has 3 unspecified atom stereocenters. The molecule has 5 rings (SSSR count). The summed E-state index contributed by atoms with van der Waals surface area (Å²) >= 11 is 2.37. The minimum atomic E-state index is -4.42. The maximum atomic E-state index is 13.2. The molecule has 0 bridgehead atoms. The van der Waals surface area contributed by atoms with Crippen LogP contribution in [-0.2, 0) is 21.5 Å². The van der Waals surface area contributed by atoms with Crippen molar-refractivity contribution in [2.75, 3.05) is 19.8 Å². The first-order valence-electron chi connectivity index (χ1n) is 12.2. The number of fused-ring (bicyclic) bond motifs is 4. The smallest absolute Gasteiger partial charge is 0.388 e. The van der Waals surface area contributed by atoms with E-state index in [4.69, 9.17) is 14.5 Å². The highest BCUT2D eigenvalue weighted by Gasteiger charge is 2.56. The first kappa shape index (κ1) is 25.5. The molecule has 4 aliphatic rings. The molecule has 0 radical (unpaired) electrons. The van der Waals surface area contributed by atoms with Gasteiger partial charge < -0.3 is 19.9 Å². The molecule has 1 fully saturated rings. The van der Waals surface area contributed by atoms with Gasteiger partial charge in [-0.2, -0.15) is 13.2 Å². The van der Waals surface area contributed by atoms with Crippen LogP contribution in [0.15, 0.2) is 23.4 Å². The Morgan fingerprint density at radius 1 is 1.23 bits per heavy atom. The molecule has 0 aromatic carbocycles. The van der Waals surface area contributed by atoms with Crippen molar-refractivity contribution in [3.8, 4) is 0 Å². The Morgan fingerprint density at radius 2 is 1.97 bits per heavy atom. The Labute approximate surface area is 217 Å². The van der Waals surface area contributed by atoms with Crippen molar-refractivity contribution >= 4 is 22.6 Å². The van der Waals surface area contributed by atoms with Gasteiger partial charge in [0.15, 0.2) is 0 Å². The average molecular weight is 604 g/mol. The Kier molecular flexibility index (Phi) is 6.33. The van der Waals surface area contributed by atoms with Crippen LogP contribution in [0.3, 0.4) is 0 Å². The zero-order chi connectivity index (χ0) is 25.3. The summed E-state index contributed by atoms with van der Waals surface area (Å²) in [5.41, 5.74) is 3.85. The molecule has 0 saturated carbocycles. The number of aromatic nitrogens is 1. The number of rotatable bonds is 2. The number of halogens is 4. The standard InChI is InChI=1S/C26H32F3IN2O3/c1-13(2)22-20-21(19-15(32-22)9-24(3,4)10-16(19)33)25(7-8-34-12-17(25)30)35-23(20)14-5-6-18(31-11-14)26(27,28)29/h5-6,13,16-17,23,31,33H,7-12H2,1-4H3/t16?,17?,23-,25?/m1/s1. The van der Waals surface area contributed by atoms with Gasteiger partial charge >= 0.3 is 6.18 Å². The van der Waals surface area contributed by atoms with Crippen LogP contribution in [0.1, 0.15) is 86.7 Å². The van der Waals surface area contributed by atoms with Crippen LogP contribution in [0.2, 0.25) is 0 Å². The zero-order valence-electron chi connectivity index (χ0n) is 20.4. The summed E-state index contributed by atoms with van der Waals surface area (Å²) in [4.78, 5) is 5.12. The van der Waals surface area contributed by atoms with Crippen LogP contribution >= 0.6 is 22.6 Å². The monoisotopic (exact) mass is 604 g/mol. The number of hydrogen-bond acceptors (Lipinski definition) is 5. The van der Waals surface area contributed by atoms with E-state index < -0.39 is 29.7 Å². The van der Waals surface area contributed by atoms with Gasteiger partial charge in [0.25, 0.3) is 0 Å². The van der Waals surface area contributed by atoms with Gasteiger partial charge in [-0.05, 0) is 35.8 Å². The second-order valence-corrected chi connectivity index (χ2v) is 12.7. The summed E-state index contributed by atoms with van der Waals surface area (Å²) in [6.07, 6.45) is -0.982. The number of aliphatic hydroxyl groups is 1. The van der Waals surface area contributed by atoms with Gasteiger partial charge in [-0.25, -0.2) is 0 Å². The molecule has 9 heteroatoms. The van der Waals surface area contributed by atoms with E-state index in [1.807, 2.05) is 0 Å². The molecule has 3 aliphatic heterocycles. The molecule has 1 aromatic heterocycles. The van der Waals surface area contributed by atoms with Gasteiger partial charge in [0.1, 0.15) is 17.4 Å². The highest BCUT2D eigenvalue weighted by Crippen LogP contribution is 2.59. The Morgan fingerprint density at radius 3 is 2.57 bits per heavy atom. The Balaban J connectivity index is 1.74. The number of alkyl halides is 4. The lowest BCUT2D eigenvalue weighted by Crippen LogP contribution is -2.45. The molecule has 4 atom stereocenters. The quantitative estimate of drug-likeness (QED) is 0.336. The van der Waals surface area contributed by atoms with Gasteiger partial charge in [0.2, 0.25) is 0 Å². The molecular weight excluding hydrogens is 572 g/mol. The average Bonchev–Trinajstić information content (AvgIpc) is 3.09. The molecule has 0 amide bonds. The van der Waals surface area contributed by atoms with Crippen molar-refractivity contribution in [1.29, 1.82) is 0 Å². The second kappa shape index (κ2) is 8.70. The second-order valence-electron chi connectivity index (χ2n) is 11.2. The fraction of sp³-hybridized carbons (Fsp3) is 0.654. The number of hydrogen-bond donors (Lipinski definition) is 2. The van der Waals surface area contributed by atoms with Crippen molar-refractivity contribution in [1.82, 2.24) is 10.3 Å². The normalized spacial score (nSPS) is 32.1. The van der Waals surface area contributed by atoms with E-state index in [1.165, 1.54) is 6.08 Å². The number of pyridine rings is 1. The molecule has 4 heterocycles. The van der Waals surface area contributed by atoms with Crippen LogP contribution in [0.25, 0.3) is 0 Å². The van der Waals surface area contributed by atoms with Gasteiger partial charge in [-0.15, -0.1) is 0 Å². The summed E-state index contributed by atoms with van der Waals surface area (Å²) in [7, 11) is 0. The van der Waals surface area contributed by atoms with Gasteiger partial charge in [0, 0.05) is 47.7 Å². The van der Waals surface area contributed by atoms with Crippen LogP contribution < -0.4 is 5.32 Å². The third-order valence-electron chi connectivity index (χ3n) is 7.64. The van der Waals surface area contributed by atoms with Gasteiger partial charge in [0.05, 0.1) is 16.6 Å². The van der Waals surface area contributed by atoms with Crippen molar-refractivity contribution in [3.63, 3.8) is 0 Å². The molecule has 2 N–H and O–H groups in total. The SMILES string of the molecule is CC(C)c1nc2c(c3c1[C@@H](C1=CC=C(C(F)(F)F)NC1)OC31CCOCC1I)C(O)CC(C)(C)C2. The maximum absolute atomic E-state index is 13.2. The Hall–Kier alpha value is -1.17. The van der Waals surface area contributed by atoms with E-state index in [0.29, 0.717) is 26.1 Å². The number of nitrogens with one attached hydrogen (secondary N) is 1. The molecule has 1 saturated heterocycles. The number of dihydropyridines is 1. The van der Waals surface area contributed by atoms with E-state index in [2.05, 4.69) is 55.6 Å². The van der Waals surface area contributed by atoms with Crippen LogP contribution in [-0.4, -0.2) is 39.9 Å². The van der Waals surface area contributed by atoms with E-state index >= 15 is 0 Å². The molecule has 1 aliphatic carbocycles. The minimum Gasteiger partial charge on any atom is -0.388 e. The minimum absolute atomic E-state index is 0.00956. The lowest BCUT2D eigenvalue weighted by molar-refractivity contribution is -0.115. The zero-order valence-corrected chi connectivity index (χ0v) is 22.6. The third kappa shape index (κ3) is 4.24. The number of allylic oxidation sites excluding steroid dienone is 3. The third-order valence-corrected chi connectivity index (χ3v) is 9.01. The van der Waals surface area contributed by atoms with E-state index in [-0.39, 0.29) is 21.8 Å². The van der Waals surface area contributed by atoms with Crippen LogP contribution in [0.4, 0.5) is 13.2 Å². The van der Waals surface area contributed by atoms with Crippen molar-refractivity contribution in [2.45, 2.75) is 80.8 Å². The lowest BCUT2D eigenvalue weighted by Gasteiger charge is -2.42. The topological polar surface area (TPSA) is 63.6 Å². The van der Waals surface area contributed by atoms with Gasteiger partial charge in [-0.1, -0.05) is 56.4 Å². The fourth-order valence-electron chi connectivity index (χ4n) is 6.08. The predicted octanol–water partition coefficient (Wildman–Crippen LogP) is 5.68. The summed E-state index contributed by atoms with van der Waals surface area (Å²) in [5, 5.41) is 14.0. The molecular formula is C26H32F3IN2O3. The molecule has 1 aromatic rings. The first-order valence-corrected chi connectivity index (χ1v) is 13.4. The summed E-state index contributed by atoms with van der Waals surface area (Å²) in [6.45, 7) is 9.55.